The highest BCUT2D eigenvalue weighted by molar-refractivity contribution is 5.84. The molecule has 1 saturated carbocycles. The Morgan fingerprint density at radius 3 is 2.59 bits per heavy atom. The Hall–Kier alpha value is -4.09. The number of aryl methyl sites for hydroxylation is 1. The quantitative estimate of drug-likeness (QED) is 0.228. The number of rotatable bonds is 6. The highest BCUT2D eigenvalue weighted by Gasteiger charge is 2.36. The highest BCUT2D eigenvalue weighted by atomic mass is 19.4. The summed E-state index contributed by atoms with van der Waals surface area (Å²) in [5.41, 5.74) is 1.54. The highest BCUT2D eigenvalue weighted by Crippen LogP contribution is 2.39. The van der Waals surface area contributed by atoms with Crippen LogP contribution >= 0.6 is 0 Å². The van der Waals surface area contributed by atoms with Gasteiger partial charge in [-0.25, -0.2) is 9.37 Å². The average Bonchev–Trinajstić information content (AvgIpc) is 3.58. The molecule has 2 N–H and O–H groups in total. The van der Waals surface area contributed by atoms with E-state index in [0.29, 0.717) is 40.1 Å². The van der Waals surface area contributed by atoms with Gasteiger partial charge in [-0.1, -0.05) is 31.0 Å². The molecule has 0 aliphatic heterocycles. The Bertz CT molecular complexity index is 1710. The van der Waals surface area contributed by atoms with Crippen LogP contribution in [0.1, 0.15) is 36.8 Å². The largest absolute Gasteiger partial charge is 0.435 e. The number of aliphatic hydroxyl groups is 1. The molecule has 0 radical (unpaired) electrons. The van der Waals surface area contributed by atoms with E-state index in [9.17, 15) is 22.7 Å². The van der Waals surface area contributed by atoms with Crippen molar-refractivity contribution in [2.45, 2.75) is 50.6 Å². The van der Waals surface area contributed by atoms with Gasteiger partial charge in [-0.3, -0.25) is 0 Å². The van der Waals surface area contributed by atoms with Gasteiger partial charge in [0.2, 0.25) is 5.89 Å². The molecule has 7 nitrogen and oxygen atoms in total. The molecule has 0 spiro atoms. The van der Waals surface area contributed by atoms with E-state index in [4.69, 9.17) is 4.42 Å². The molecule has 2 unspecified atom stereocenters. The van der Waals surface area contributed by atoms with Crippen LogP contribution in [0.25, 0.3) is 45.1 Å². The number of alkyl halides is 3. The fourth-order valence-electron chi connectivity index (χ4n) is 5.43. The topological polar surface area (TPSA) is 89.0 Å². The SMILES string of the molecule is Cn1cnnc1-c1cc(F)ccc1-c1cccc(-c2nc3cc(CNC4CCCCC4O)cc(C(F)(F)F)c3o2)c1. The lowest BCUT2D eigenvalue weighted by atomic mass is 9.92. The van der Waals surface area contributed by atoms with Crippen molar-refractivity contribution in [3.63, 3.8) is 0 Å². The van der Waals surface area contributed by atoms with Crippen molar-refractivity contribution in [3.8, 4) is 34.0 Å². The number of nitrogens with zero attached hydrogens (tertiary/aromatic N) is 4. The second-order valence-electron chi connectivity index (χ2n) is 10.4. The number of aliphatic hydroxyl groups excluding tert-OH is 1. The van der Waals surface area contributed by atoms with Crippen LogP contribution in [-0.4, -0.2) is 37.0 Å². The van der Waals surface area contributed by atoms with Gasteiger partial charge in [0.1, 0.15) is 23.2 Å². The molecule has 2 atom stereocenters. The van der Waals surface area contributed by atoms with Crippen LogP contribution in [0.3, 0.4) is 0 Å². The molecule has 212 valence electrons. The van der Waals surface area contributed by atoms with Gasteiger partial charge in [-0.05, 0) is 65.9 Å². The standard InChI is InChI=1S/C30H27F4N5O2/c1-39-16-36-38-28(39)22-14-20(31)9-10-21(22)18-5-4-6-19(13-18)29-37-25-12-17(11-23(27(25)41-29)30(32,33)34)15-35-24-7-2-3-8-26(24)40/h4-6,9-14,16,24,26,35,40H,2-3,7-8,15H2,1H3. The Balaban J connectivity index is 1.38. The summed E-state index contributed by atoms with van der Waals surface area (Å²) in [4.78, 5) is 4.43. The maximum Gasteiger partial charge on any atom is 0.420 e. The van der Waals surface area contributed by atoms with Crippen LogP contribution in [0.4, 0.5) is 17.6 Å². The van der Waals surface area contributed by atoms with Gasteiger partial charge in [-0.2, -0.15) is 13.2 Å². The number of aromatic nitrogens is 4. The molecule has 6 rings (SSSR count). The number of hydrogen-bond donors (Lipinski definition) is 2. The normalized spacial score (nSPS) is 17.8. The molecule has 1 aliphatic rings. The van der Waals surface area contributed by atoms with Crippen LogP contribution in [-0.2, 0) is 19.8 Å². The average molecular weight is 566 g/mol. The minimum absolute atomic E-state index is 0.0301. The third kappa shape index (κ3) is 5.47. The minimum Gasteiger partial charge on any atom is -0.435 e. The van der Waals surface area contributed by atoms with Crippen LogP contribution in [0.15, 0.2) is 65.3 Å². The first-order valence-corrected chi connectivity index (χ1v) is 13.3. The van der Waals surface area contributed by atoms with Gasteiger partial charge in [0.05, 0.1) is 6.10 Å². The molecular formula is C30H27F4N5O2. The zero-order chi connectivity index (χ0) is 28.7. The van der Waals surface area contributed by atoms with E-state index in [-0.39, 0.29) is 29.6 Å². The predicted octanol–water partition coefficient (Wildman–Crippen LogP) is 6.51. The molecule has 1 fully saturated rings. The Kier molecular flexibility index (Phi) is 7.08. The van der Waals surface area contributed by atoms with Crippen molar-refractivity contribution in [2.24, 2.45) is 7.05 Å². The second kappa shape index (κ2) is 10.7. The smallest absolute Gasteiger partial charge is 0.420 e. The number of halogens is 4. The molecule has 41 heavy (non-hydrogen) atoms. The zero-order valence-electron chi connectivity index (χ0n) is 22.1. The van der Waals surface area contributed by atoms with E-state index >= 15 is 0 Å². The van der Waals surface area contributed by atoms with Crippen molar-refractivity contribution in [2.75, 3.05) is 0 Å². The van der Waals surface area contributed by atoms with Gasteiger partial charge in [0, 0.05) is 30.8 Å². The molecule has 0 saturated heterocycles. The number of benzene rings is 3. The summed E-state index contributed by atoms with van der Waals surface area (Å²) in [6.45, 7) is 0.161. The summed E-state index contributed by atoms with van der Waals surface area (Å²) in [6, 6.07) is 13.8. The molecule has 2 heterocycles. The summed E-state index contributed by atoms with van der Waals surface area (Å²) in [6.07, 6.45) is -0.314. The van der Waals surface area contributed by atoms with E-state index < -0.39 is 23.7 Å². The first-order chi connectivity index (χ1) is 19.7. The van der Waals surface area contributed by atoms with E-state index in [0.717, 1.165) is 25.3 Å². The molecule has 3 aromatic carbocycles. The third-order valence-electron chi connectivity index (χ3n) is 7.51. The molecule has 1 aliphatic carbocycles. The number of nitrogens with one attached hydrogen (secondary N) is 1. The molecular weight excluding hydrogens is 538 g/mol. The van der Waals surface area contributed by atoms with E-state index in [2.05, 4.69) is 20.5 Å². The summed E-state index contributed by atoms with van der Waals surface area (Å²) in [5.74, 6) is 0.0516. The van der Waals surface area contributed by atoms with Crippen LogP contribution in [0, 0.1) is 5.82 Å². The lowest BCUT2D eigenvalue weighted by Crippen LogP contribution is -2.41. The van der Waals surface area contributed by atoms with Crippen LogP contribution in [0.5, 0.6) is 0 Å². The summed E-state index contributed by atoms with van der Waals surface area (Å²) >= 11 is 0. The van der Waals surface area contributed by atoms with Gasteiger partial charge in [-0.15, -0.1) is 10.2 Å². The van der Waals surface area contributed by atoms with Crippen LogP contribution < -0.4 is 5.32 Å². The fourth-order valence-corrected chi connectivity index (χ4v) is 5.43. The maximum atomic E-state index is 14.2. The minimum atomic E-state index is -4.66. The van der Waals surface area contributed by atoms with Crippen LogP contribution in [0.2, 0.25) is 0 Å². The predicted molar refractivity (Wildman–Crippen MR) is 145 cm³/mol. The van der Waals surface area contributed by atoms with Crippen molar-refractivity contribution >= 4 is 11.1 Å². The van der Waals surface area contributed by atoms with Gasteiger partial charge in [0.15, 0.2) is 11.4 Å². The van der Waals surface area contributed by atoms with Gasteiger partial charge < -0.3 is 19.4 Å². The number of fused-ring (bicyclic) bond motifs is 1. The number of hydrogen-bond acceptors (Lipinski definition) is 6. The summed E-state index contributed by atoms with van der Waals surface area (Å²) in [5, 5.41) is 21.4. The molecule has 5 aromatic rings. The van der Waals surface area contributed by atoms with Crippen molar-refractivity contribution in [1.82, 2.24) is 25.1 Å². The summed E-state index contributed by atoms with van der Waals surface area (Å²) < 4.78 is 63.9. The lowest BCUT2D eigenvalue weighted by molar-refractivity contribution is -0.136. The molecule has 11 heteroatoms. The molecule has 0 amide bonds. The van der Waals surface area contributed by atoms with Gasteiger partial charge >= 0.3 is 6.18 Å². The molecule has 2 aromatic heterocycles. The monoisotopic (exact) mass is 565 g/mol. The van der Waals surface area contributed by atoms with Crippen molar-refractivity contribution in [1.29, 1.82) is 0 Å². The number of oxazole rings is 1. The summed E-state index contributed by atoms with van der Waals surface area (Å²) in [7, 11) is 1.75. The zero-order valence-corrected chi connectivity index (χ0v) is 22.1. The van der Waals surface area contributed by atoms with E-state index in [1.54, 1.807) is 41.9 Å². The van der Waals surface area contributed by atoms with Gasteiger partial charge in [0.25, 0.3) is 0 Å². The Labute approximate surface area is 232 Å². The third-order valence-corrected chi connectivity index (χ3v) is 7.51. The Morgan fingerprint density at radius 1 is 1.02 bits per heavy atom. The lowest BCUT2D eigenvalue weighted by Gasteiger charge is -2.28. The Morgan fingerprint density at radius 2 is 1.83 bits per heavy atom. The first-order valence-electron chi connectivity index (χ1n) is 13.3. The second-order valence-corrected chi connectivity index (χ2v) is 10.4. The van der Waals surface area contributed by atoms with E-state index in [1.165, 1.54) is 18.5 Å². The van der Waals surface area contributed by atoms with Crippen molar-refractivity contribution < 1.29 is 27.1 Å². The fraction of sp³-hybridized carbons (Fsp3) is 0.300. The van der Waals surface area contributed by atoms with Crippen molar-refractivity contribution in [3.05, 3.63) is 77.9 Å². The maximum absolute atomic E-state index is 14.2. The first kappa shape index (κ1) is 27.1. The molecule has 0 bridgehead atoms. The van der Waals surface area contributed by atoms with E-state index in [1.807, 2.05) is 6.07 Å².